The van der Waals surface area contributed by atoms with E-state index in [0.29, 0.717) is 13.2 Å². The van der Waals surface area contributed by atoms with Crippen molar-refractivity contribution in [2.45, 2.75) is 59.4 Å². The molecule has 1 aromatic heterocycles. The number of amides is 1. The van der Waals surface area contributed by atoms with Gasteiger partial charge in [0.2, 0.25) is 5.91 Å². The molecule has 120 valence electrons. The molecule has 1 amide bonds. The third kappa shape index (κ3) is 5.16. The molecule has 0 aliphatic carbocycles. The molecule has 0 saturated carbocycles. The lowest BCUT2D eigenvalue weighted by Crippen LogP contribution is -2.40. The molecule has 0 fully saturated rings. The van der Waals surface area contributed by atoms with Crippen LogP contribution in [-0.2, 0) is 9.45 Å². The molecule has 1 aromatic rings. The van der Waals surface area contributed by atoms with E-state index >= 15 is 0 Å². The summed E-state index contributed by atoms with van der Waals surface area (Å²) in [5.41, 5.74) is 0.969. The molecule has 6 heteroatoms. The molecule has 0 aromatic carbocycles. The van der Waals surface area contributed by atoms with Gasteiger partial charge >= 0.3 is 7.48 Å². The number of hydrogen-bond donors (Lipinski definition) is 1. The lowest BCUT2D eigenvalue weighted by molar-refractivity contribution is -0.123. The van der Waals surface area contributed by atoms with E-state index in [4.69, 9.17) is 4.65 Å². The number of aromatic nitrogens is 1. The van der Waals surface area contributed by atoms with Crippen molar-refractivity contribution in [2.24, 2.45) is 5.41 Å². The number of nitrogens with zero attached hydrogens (tertiary/aromatic N) is 1. The normalized spacial score (nSPS) is 12.9. The van der Waals surface area contributed by atoms with Crippen molar-refractivity contribution >= 4 is 32.4 Å². The van der Waals surface area contributed by atoms with Crippen molar-refractivity contribution in [3.05, 3.63) is 18.5 Å². The van der Waals surface area contributed by atoms with Crippen molar-refractivity contribution in [1.29, 1.82) is 0 Å². The highest BCUT2D eigenvalue weighted by Gasteiger charge is 2.33. The number of hydrogen-bond acceptors (Lipinski definition) is 3. The van der Waals surface area contributed by atoms with Crippen LogP contribution in [0.15, 0.2) is 18.5 Å². The van der Waals surface area contributed by atoms with Gasteiger partial charge in [0.25, 0.3) is 0 Å². The topological polar surface area (TPSA) is 51.2 Å². The fourth-order valence-electron chi connectivity index (χ4n) is 1.43. The predicted octanol–water partition coefficient (Wildman–Crippen LogP) is 1.67. The SMILES string of the molecule is BC(C)(C)C(C)(C)OBc1cncc(NC(=O)C(C)(C)C)c1. The molecule has 0 atom stereocenters. The minimum Gasteiger partial charge on any atom is -0.430 e. The number of anilines is 1. The molecule has 4 nitrogen and oxygen atoms in total. The van der Waals surface area contributed by atoms with Gasteiger partial charge in [-0.2, -0.15) is 0 Å². The number of carbonyl (C=O) groups excluding carboxylic acids is 1. The van der Waals surface area contributed by atoms with Crippen molar-refractivity contribution < 1.29 is 9.45 Å². The first-order chi connectivity index (χ1) is 9.83. The number of pyridine rings is 1. The first kappa shape index (κ1) is 18.8. The van der Waals surface area contributed by atoms with Crippen LogP contribution in [-0.4, -0.2) is 31.8 Å². The van der Waals surface area contributed by atoms with Gasteiger partial charge in [-0.3, -0.25) is 9.78 Å². The number of nitrogens with one attached hydrogen (secondary N) is 1. The lowest BCUT2D eigenvalue weighted by Gasteiger charge is -2.39. The van der Waals surface area contributed by atoms with Crippen LogP contribution in [0.5, 0.6) is 0 Å². The average Bonchev–Trinajstić information content (AvgIpc) is 2.34. The highest BCUT2D eigenvalue weighted by Crippen LogP contribution is 2.36. The second kappa shape index (κ2) is 6.45. The van der Waals surface area contributed by atoms with Gasteiger partial charge in [0.05, 0.1) is 11.9 Å². The van der Waals surface area contributed by atoms with E-state index in [9.17, 15) is 4.79 Å². The molecule has 0 aliphatic heterocycles. The van der Waals surface area contributed by atoms with Crippen LogP contribution < -0.4 is 10.8 Å². The van der Waals surface area contributed by atoms with E-state index in [-0.39, 0.29) is 16.8 Å². The van der Waals surface area contributed by atoms with Gasteiger partial charge in [-0.05, 0) is 30.7 Å². The Bertz CT molecular complexity index is 532. The second-order valence-corrected chi connectivity index (χ2v) is 8.33. The first-order valence-electron chi connectivity index (χ1n) is 7.72. The maximum absolute atomic E-state index is 12.0. The Hall–Kier alpha value is -1.29. The Kier molecular flexibility index (Phi) is 5.50. The van der Waals surface area contributed by atoms with Gasteiger partial charge < -0.3 is 9.97 Å². The minimum atomic E-state index is -0.430. The molecule has 1 rings (SSSR count). The zero-order valence-corrected chi connectivity index (χ0v) is 15.2. The van der Waals surface area contributed by atoms with Crippen LogP contribution in [0.4, 0.5) is 5.69 Å². The smallest absolute Gasteiger partial charge is 0.310 e. The Morgan fingerprint density at radius 1 is 1.18 bits per heavy atom. The molecule has 0 aliphatic rings. The summed E-state index contributed by atoms with van der Waals surface area (Å²) in [6.45, 7) is 14.1. The van der Waals surface area contributed by atoms with Crippen LogP contribution >= 0.6 is 0 Å². The summed E-state index contributed by atoms with van der Waals surface area (Å²) >= 11 is 0. The zero-order valence-electron chi connectivity index (χ0n) is 15.2. The minimum absolute atomic E-state index is 0.0256. The van der Waals surface area contributed by atoms with E-state index in [2.05, 4.69) is 45.8 Å². The second-order valence-electron chi connectivity index (χ2n) is 8.33. The maximum Gasteiger partial charge on any atom is 0.310 e. The third-order valence-electron chi connectivity index (χ3n) is 4.14. The highest BCUT2D eigenvalue weighted by molar-refractivity contribution is 6.47. The number of carbonyl (C=O) groups is 1. The van der Waals surface area contributed by atoms with Crippen LogP contribution in [0.2, 0.25) is 5.31 Å². The van der Waals surface area contributed by atoms with Crippen LogP contribution in [0, 0.1) is 5.41 Å². The van der Waals surface area contributed by atoms with Gasteiger partial charge in [-0.1, -0.05) is 34.6 Å². The van der Waals surface area contributed by atoms with Crippen LogP contribution in [0.3, 0.4) is 0 Å². The Labute approximate surface area is 136 Å². The number of rotatable bonds is 5. The van der Waals surface area contributed by atoms with E-state index < -0.39 is 5.41 Å². The quantitative estimate of drug-likeness (QED) is 0.842. The summed E-state index contributed by atoms with van der Waals surface area (Å²) in [5.74, 6) is -0.0256. The van der Waals surface area contributed by atoms with Crippen LogP contribution in [0.1, 0.15) is 48.5 Å². The van der Waals surface area contributed by atoms with Gasteiger partial charge in [-0.15, -0.1) is 0 Å². The van der Waals surface area contributed by atoms with Crippen molar-refractivity contribution in [1.82, 2.24) is 4.98 Å². The summed E-state index contributed by atoms with van der Waals surface area (Å²) in [5, 5.41) is 2.93. The van der Waals surface area contributed by atoms with Crippen molar-refractivity contribution in [2.75, 3.05) is 5.32 Å². The molecule has 22 heavy (non-hydrogen) atoms. The monoisotopic (exact) mass is 302 g/mol. The van der Waals surface area contributed by atoms with Gasteiger partial charge in [-0.25, -0.2) is 0 Å². The fraction of sp³-hybridized carbons (Fsp3) is 0.625. The third-order valence-corrected chi connectivity index (χ3v) is 4.14. The van der Waals surface area contributed by atoms with Crippen molar-refractivity contribution in [3.8, 4) is 0 Å². The summed E-state index contributed by atoms with van der Waals surface area (Å²) in [7, 11) is 2.63. The van der Waals surface area contributed by atoms with Crippen LogP contribution in [0.25, 0.3) is 0 Å². The first-order valence-corrected chi connectivity index (χ1v) is 7.72. The van der Waals surface area contributed by atoms with E-state index in [1.807, 2.05) is 26.8 Å². The van der Waals surface area contributed by atoms with E-state index in [0.717, 1.165) is 5.46 Å². The molecule has 1 N–H and O–H groups in total. The zero-order chi connectivity index (χ0) is 17.2. The summed E-state index contributed by atoms with van der Waals surface area (Å²) in [6.07, 6.45) is 3.42. The molecule has 1 heterocycles. The Balaban J connectivity index is 2.76. The molecule has 0 bridgehead atoms. The summed E-state index contributed by atoms with van der Waals surface area (Å²) in [4.78, 5) is 16.2. The molecule has 0 radical (unpaired) electrons. The van der Waals surface area contributed by atoms with E-state index in [1.165, 1.54) is 0 Å². The van der Waals surface area contributed by atoms with Gasteiger partial charge in [0, 0.05) is 17.2 Å². The van der Waals surface area contributed by atoms with Gasteiger partial charge in [0.15, 0.2) is 0 Å². The lowest BCUT2D eigenvalue weighted by atomic mass is 9.61. The van der Waals surface area contributed by atoms with Crippen molar-refractivity contribution in [3.63, 3.8) is 0 Å². The average molecular weight is 302 g/mol. The Morgan fingerprint density at radius 3 is 2.27 bits per heavy atom. The molecule has 0 spiro atoms. The molecular formula is C16H28B2N2O2. The summed E-state index contributed by atoms with van der Waals surface area (Å²) < 4.78 is 6.05. The maximum atomic E-state index is 12.0. The highest BCUT2D eigenvalue weighted by atomic mass is 16.5. The molecule has 0 saturated heterocycles. The molecular weight excluding hydrogens is 274 g/mol. The van der Waals surface area contributed by atoms with E-state index in [1.54, 1.807) is 12.4 Å². The summed E-state index contributed by atoms with van der Waals surface area (Å²) in [6, 6.07) is 1.91. The molecule has 0 unspecified atom stereocenters. The largest absolute Gasteiger partial charge is 0.430 e. The predicted molar refractivity (Wildman–Crippen MR) is 96.9 cm³/mol. The van der Waals surface area contributed by atoms with Gasteiger partial charge in [0.1, 0.15) is 7.85 Å². The fourth-order valence-corrected chi connectivity index (χ4v) is 1.43. The standard InChI is InChI=1S/C16H28B2N2O2/c1-14(2,3)13(21)20-12-8-11(9-19-10-12)18-22-16(6,7)15(4,5)17/h8-10,18H,17H2,1-7H3,(H,20,21). The Morgan fingerprint density at radius 2 is 1.77 bits per heavy atom.